The van der Waals surface area contributed by atoms with Crippen LogP contribution in [0.5, 0.6) is 0 Å². The highest BCUT2D eigenvalue weighted by Crippen LogP contribution is 2.25. The average molecular weight is 836 g/mol. The van der Waals surface area contributed by atoms with Gasteiger partial charge < -0.3 is 40.4 Å². The number of rotatable bonds is 15. The molecule has 0 saturated carbocycles. The number of likely N-dealkylation sites (tertiary alicyclic amines) is 1. The van der Waals surface area contributed by atoms with Crippen molar-refractivity contribution in [1.29, 1.82) is 0 Å². The zero-order valence-electron chi connectivity index (χ0n) is 35.0. The fraction of sp³-hybridized carbons (Fsp3) is 0.422. The fourth-order valence-corrected chi connectivity index (χ4v) is 8.19. The van der Waals surface area contributed by atoms with E-state index in [1.54, 1.807) is 0 Å². The molecule has 3 heterocycles. The molecule has 2 saturated heterocycles. The summed E-state index contributed by atoms with van der Waals surface area (Å²) < 4.78 is 5.66. The van der Waals surface area contributed by atoms with E-state index < -0.39 is 65.8 Å². The second-order valence-electron chi connectivity index (χ2n) is 15.9. The molecule has 3 aromatic carbocycles. The first-order valence-electron chi connectivity index (χ1n) is 20.9. The van der Waals surface area contributed by atoms with E-state index in [0.29, 0.717) is 19.3 Å². The first kappa shape index (κ1) is 44.3. The minimum Gasteiger partial charge on any atom is -0.445 e. The summed E-state index contributed by atoms with van der Waals surface area (Å²) >= 11 is 0. The van der Waals surface area contributed by atoms with Crippen LogP contribution in [0.4, 0.5) is 4.79 Å². The zero-order chi connectivity index (χ0) is 43.6. The van der Waals surface area contributed by atoms with Crippen molar-refractivity contribution in [3.63, 3.8) is 0 Å². The highest BCUT2D eigenvalue weighted by atomic mass is 16.6. The molecule has 0 radical (unpaired) electrons. The molecule has 6 rings (SSSR count). The van der Waals surface area contributed by atoms with Crippen LogP contribution in [0.25, 0.3) is 10.9 Å². The number of aromatic amines is 1. The van der Waals surface area contributed by atoms with Gasteiger partial charge in [0.15, 0.2) is 0 Å². The molecule has 2 fully saturated rings. The van der Waals surface area contributed by atoms with Crippen LogP contribution in [0.15, 0.2) is 91.1 Å². The smallest absolute Gasteiger partial charge is 0.410 e. The molecule has 6 amide bonds. The van der Waals surface area contributed by atoms with Crippen LogP contribution in [0.3, 0.4) is 0 Å². The Morgan fingerprint density at radius 1 is 0.852 bits per heavy atom. The van der Waals surface area contributed by atoms with E-state index in [9.17, 15) is 24.0 Å². The third-order valence-corrected chi connectivity index (χ3v) is 12.0. The number of H-pyrrole nitrogens is 1. The Labute approximate surface area is 355 Å². The number of benzene rings is 3. The lowest BCUT2D eigenvalue weighted by Crippen LogP contribution is -2.67. The number of hydrogen-bond donors (Lipinski definition) is 5. The van der Waals surface area contributed by atoms with Crippen molar-refractivity contribution >= 4 is 46.5 Å². The van der Waals surface area contributed by atoms with Gasteiger partial charge in [0, 0.05) is 50.2 Å². The van der Waals surface area contributed by atoms with Crippen LogP contribution < -0.4 is 22.3 Å². The Hall–Kier alpha value is -6.26. The zero-order valence-corrected chi connectivity index (χ0v) is 35.0. The molecule has 2 aliphatic heterocycles. The number of para-hydroxylation sites is 1. The maximum absolute atomic E-state index is 15.0. The van der Waals surface area contributed by atoms with Gasteiger partial charge in [-0.15, -0.1) is 0 Å². The van der Waals surface area contributed by atoms with Crippen molar-refractivity contribution in [1.82, 2.24) is 35.3 Å². The lowest BCUT2D eigenvalue weighted by molar-refractivity contribution is -0.155. The van der Waals surface area contributed by atoms with Gasteiger partial charge in [-0.3, -0.25) is 29.4 Å². The van der Waals surface area contributed by atoms with Crippen molar-refractivity contribution in [3.05, 3.63) is 108 Å². The van der Waals surface area contributed by atoms with Gasteiger partial charge in [-0.05, 0) is 47.9 Å². The fourth-order valence-electron chi connectivity index (χ4n) is 8.19. The maximum atomic E-state index is 15.0. The molecule has 2 aliphatic rings. The summed E-state index contributed by atoms with van der Waals surface area (Å²) in [6.45, 7) is 3.78. The van der Waals surface area contributed by atoms with E-state index in [1.807, 2.05) is 105 Å². The number of amides is 6. The summed E-state index contributed by atoms with van der Waals surface area (Å²) in [4.78, 5) is 93.3. The van der Waals surface area contributed by atoms with Crippen LogP contribution in [-0.2, 0) is 48.2 Å². The Kier molecular flexibility index (Phi) is 14.8. The van der Waals surface area contributed by atoms with E-state index in [4.69, 9.17) is 16.3 Å². The minimum atomic E-state index is -1.27. The van der Waals surface area contributed by atoms with Crippen LogP contribution >= 0.6 is 0 Å². The maximum Gasteiger partial charge on any atom is 0.410 e. The summed E-state index contributed by atoms with van der Waals surface area (Å²) in [5, 5.41) is 3.86. The van der Waals surface area contributed by atoms with Crippen molar-refractivity contribution < 1.29 is 33.5 Å². The molecule has 16 nitrogen and oxygen atoms in total. The first-order valence-corrected chi connectivity index (χ1v) is 20.9. The third-order valence-electron chi connectivity index (χ3n) is 12.0. The van der Waals surface area contributed by atoms with Crippen LogP contribution in [0.2, 0.25) is 0 Å². The number of nitrogens with one attached hydrogen (secondary N) is 3. The largest absolute Gasteiger partial charge is 0.445 e. The Balaban J connectivity index is 1.28. The normalized spacial score (nSPS) is 18.5. The number of piperazine rings is 1. The Morgan fingerprint density at radius 3 is 2.20 bits per heavy atom. The molecular formula is C45H57N9O7. The predicted molar refractivity (Wildman–Crippen MR) is 229 cm³/mol. The standard InChI is InChI=1S/C45H57N9O7/c1-4-29(2)39(49-40(55)34(46)25-32-26-48-35-19-12-11-18-33(32)35)44(59)54-23-22-52(45(60)61-28-31-16-9-6-10-17-31)27-38(54)42(57)51(3)37(24-30-14-7-5-8-15-30)43(58)53-21-13-20-36(53)41(56)50-47/h5-12,14-19,26,29,34,36-39,48H,4,13,20-25,27-28,46-47H2,1-3H3,(H,49,55)(H,50,56)/t29?,34-,36+,37-,38-,39+/m1/s1. The van der Waals surface area contributed by atoms with E-state index in [2.05, 4.69) is 15.7 Å². The van der Waals surface area contributed by atoms with Crippen molar-refractivity contribution in [2.45, 2.75) is 82.8 Å². The van der Waals surface area contributed by atoms with E-state index in [0.717, 1.165) is 27.6 Å². The molecule has 0 spiro atoms. The average Bonchev–Trinajstić information content (AvgIpc) is 3.96. The molecule has 0 bridgehead atoms. The number of carbonyl (C=O) groups excluding carboxylic acids is 6. The Bertz CT molecular complexity index is 2170. The van der Waals surface area contributed by atoms with E-state index in [1.165, 1.54) is 26.6 Å². The molecule has 16 heteroatoms. The van der Waals surface area contributed by atoms with Crippen LogP contribution in [0.1, 0.15) is 49.8 Å². The van der Waals surface area contributed by atoms with Crippen LogP contribution in [0, 0.1) is 5.92 Å². The number of nitrogens with two attached hydrogens (primary N) is 2. The van der Waals surface area contributed by atoms with Gasteiger partial charge in [-0.2, -0.15) is 0 Å². The van der Waals surface area contributed by atoms with Gasteiger partial charge in [0.2, 0.25) is 23.6 Å². The number of ether oxygens (including phenoxy) is 1. The van der Waals surface area contributed by atoms with Gasteiger partial charge in [0.25, 0.3) is 5.91 Å². The molecule has 1 unspecified atom stereocenters. The second kappa shape index (κ2) is 20.3. The predicted octanol–water partition coefficient (Wildman–Crippen LogP) is 2.47. The van der Waals surface area contributed by atoms with Gasteiger partial charge in [-0.1, -0.05) is 99.1 Å². The number of fused-ring (bicyclic) bond motifs is 1. The lowest BCUT2D eigenvalue weighted by atomic mass is 9.95. The van der Waals surface area contributed by atoms with E-state index in [-0.39, 0.29) is 51.5 Å². The quantitative estimate of drug-likeness (QED) is 0.0675. The van der Waals surface area contributed by atoms with Crippen molar-refractivity contribution in [2.24, 2.45) is 17.5 Å². The summed E-state index contributed by atoms with van der Waals surface area (Å²) in [6.07, 6.45) is 2.96. The van der Waals surface area contributed by atoms with E-state index >= 15 is 4.79 Å². The SMILES string of the molecule is CCC(C)[C@H](NC(=O)[C@H](N)Cc1c[nH]c2ccccc12)C(=O)N1CCN(C(=O)OCc2ccccc2)C[C@@H]1C(=O)N(C)[C@H](Cc1ccccc1)C(=O)N1CCC[C@H]1C(=O)NN. The summed E-state index contributed by atoms with van der Waals surface area (Å²) in [6, 6.07) is 20.8. The molecule has 7 N–H and O–H groups in total. The lowest BCUT2D eigenvalue weighted by Gasteiger charge is -2.44. The first-order chi connectivity index (χ1) is 29.4. The van der Waals surface area contributed by atoms with Crippen LogP contribution in [-0.4, -0.2) is 124 Å². The highest BCUT2D eigenvalue weighted by molar-refractivity contribution is 5.97. The Morgan fingerprint density at radius 2 is 1.51 bits per heavy atom. The van der Waals surface area contributed by atoms with Gasteiger partial charge in [0.1, 0.15) is 30.8 Å². The topological polar surface area (TPSA) is 216 Å². The number of likely N-dealkylation sites (N-methyl/N-ethyl adjacent to an activating group) is 1. The van der Waals surface area contributed by atoms with Gasteiger partial charge >= 0.3 is 6.09 Å². The molecule has 4 aromatic rings. The number of hydrazine groups is 1. The summed E-state index contributed by atoms with van der Waals surface area (Å²) in [5.41, 5.74) is 12.0. The molecule has 61 heavy (non-hydrogen) atoms. The second-order valence-corrected chi connectivity index (χ2v) is 15.9. The molecule has 1 aromatic heterocycles. The molecule has 6 atom stereocenters. The number of aromatic nitrogens is 1. The summed E-state index contributed by atoms with van der Waals surface area (Å²) in [7, 11) is 1.49. The summed E-state index contributed by atoms with van der Waals surface area (Å²) in [5.74, 6) is 2.52. The number of hydrogen-bond acceptors (Lipinski definition) is 9. The van der Waals surface area contributed by atoms with Crippen molar-refractivity contribution in [2.75, 3.05) is 33.2 Å². The molecular weight excluding hydrogens is 779 g/mol. The van der Waals surface area contributed by atoms with Gasteiger partial charge in [0.05, 0.1) is 12.6 Å². The number of nitrogens with zero attached hydrogens (tertiary/aromatic N) is 4. The highest BCUT2D eigenvalue weighted by Gasteiger charge is 2.46. The minimum absolute atomic E-state index is 0.000704. The third kappa shape index (κ3) is 10.4. The molecule has 0 aliphatic carbocycles. The number of carbonyl (C=O) groups is 6. The van der Waals surface area contributed by atoms with Gasteiger partial charge in [-0.25, -0.2) is 10.6 Å². The molecule has 324 valence electrons. The monoisotopic (exact) mass is 835 g/mol. The van der Waals surface area contributed by atoms with Crippen molar-refractivity contribution in [3.8, 4) is 0 Å².